The van der Waals surface area contributed by atoms with Crippen LogP contribution in [-0.4, -0.2) is 17.0 Å². The lowest BCUT2D eigenvalue weighted by molar-refractivity contribution is 1.09. The number of para-hydroxylation sites is 1. The largest absolute Gasteiger partial charge is 0.393 e. The summed E-state index contributed by atoms with van der Waals surface area (Å²) in [6.07, 6.45) is 1.50. The Kier molecular flexibility index (Phi) is 4.53. The highest BCUT2D eigenvalue weighted by Crippen LogP contribution is 2.32. The SMILES string of the molecule is Cc1cc(Cl)ccc1Nc1ncnc(N(C)c2ccccc2)c1N. The minimum Gasteiger partial charge on any atom is -0.393 e. The second-order valence-electron chi connectivity index (χ2n) is 5.44. The molecule has 122 valence electrons. The lowest BCUT2D eigenvalue weighted by Crippen LogP contribution is -2.15. The Hall–Kier alpha value is -2.79. The van der Waals surface area contributed by atoms with Crippen LogP contribution >= 0.6 is 11.6 Å². The number of hydrogen-bond donors (Lipinski definition) is 2. The summed E-state index contributed by atoms with van der Waals surface area (Å²) in [5.74, 6) is 1.21. The van der Waals surface area contributed by atoms with E-state index >= 15 is 0 Å². The number of anilines is 5. The first-order valence-electron chi connectivity index (χ1n) is 7.48. The Balaban J connectivity index is 1.94. The van der Waals surface area contributed by atoms with Crippen LogP contribution in [0.25, 0.3) is 0 Å². The monoisotopic (exact) mass is 339 g/mol. The molecule has 0 aliphatic rings. The Morgan fingerprint density at radius 2 is 1.83 bits per heavy atom. The molecule has 0 amide bonds. The Labute approximate surface area is 146 Å². The molecule has 6 heteroatoms. The van der Waals surface area contributed by atoms with Gasteiger partial charge in [-0.3, -0.25) is 0 Å². The number of nitrogens with one attached hydrogen (secondary N) is 1. The molecule has 1 heterocycles. The molecule has 0 atom stereocenters. The maximum atomic E-state index is 6.29. The maximum Gasteiger partial charge on any atom is 0.161 e. The predicted molar refractivity (Wildman–Crippen MR) is 100 cm³/mol. The van der Waals surface area contributed by atoms with Gasteiger partial charge in [0.05, 0.1) is 0 Å². The van der Waals surface area contributed by atoms with E-state index in [1.165, 1.54) is 6.33 Å². The number of rotatable bonds is 4. The molecule has 0 aliphatic heterocycles. The first-order chi connectivity index (χ1) is 11.6. The highest BCUT2D eigenvalue weighted by atomic mass is 35.5. The summed E-state index contributed by atoms with van der Waals surface area (Å²) in [7, 11) is 1.92. The van der Waals surface area contributed by atoms with Crippen molar-refractivity contribution in [2.24, 2.45) is 0 Å². The van der Waals surface area contributed by atoms with Gasteiger partial charge in [0.15, 0.2) is 11.6 Å². The molecule has 0 aliphatic carbocycles. The summed E-state index contributed by atoms with van der Waals surface area (Å²) in [6.45, 7) is 1.97. The minimum absolute atomic E-state index is 0.484. The molecule has 0 bridgehead atoms. The molecular formula is C18H18ClN5. The van der Waals surface area contributed by atoms with Gasteiger partial charge in [-0.05, 0) is 42.8 Å². The molecule has 0 fully saturated rings. The van der Waals surface area contributed by atoms with Gasteiger partial charge in [0.2, 0.25) is 0 Å². The standard InChI is InChI=1S/C18H18ClN5/c1-12-10-13(19)8-9-15(12)23-17-16(20)18(22-11-21-17)24(2)14-6-4-3-5-7-14/h3-11H,20H2,1-2H3,(H,21,22,23). The number of aromatic nitrogens is 2. The van der Waals surface area contributed by atoms with Crippen LogP contribution < -0.4 is 16.0 Å². The van der Waals surface area contributed by atoms with Gasteiger partial charge in [0, 0.05) is 23.4 Å². The number of nitrogen functional groups attached to an aromatic ring is 1. The number of benzene rings is 2. The molecule has 24 heavy (non-hydrogen) atoms. The van der Waals surface area contributed by atoms with E-state index in [4.69, 9.17) is 17.3 Å². The van der Waals surface area contributed by atoms with Crippen LogP contribution in [-0.2, 0) is 0 Å². The van der Waals surface area contributed by atoms with Gasteiger partial charge in [0.25, 0.3) is 0 Å². The second-order valence-corrected chi connectivity index (χ2v) is 5.87. The summed E-state index contributed by atoms with van der Waals surface area (Å²) in [6, 6.07) is 15.5. The normalized spacial score (nSPS) is 10.5. The molecule has 0 spiro atoms. The number of nitrogens with two attached hydrogens (primary N) is 1. The topological polar surface area (TPSA) is 67.1 Å². The van der Waals surface area contributed by atoms with Crippen molar-refractivity contribution in [1.82, 2.24) is 9.97 Å². The molecular weight excluding hydrogens is 322 g/mol. The van der Waals surface area contributed by atoms with Crippen molar-refractivity contribution in [1.29, 1.82) is 0 Å². The zero-order valence-electron chi connectivity index (χ0n) is 13.5. The van der Waals surface area contributed by atoms with Crippen molar-refractivity contribution in [3.63, 3.8) is 0 Å². The van der Waals surface area contributed by atoms with E-state index in [2.05, 4.69) is 15.3 Å². The lowest BCUT2D eigenvalue weighted by atomic mass is 10.2. The number of hydrogen-bond acceptors (Lipinski definition) is 5. The molecule has 2 aromatic carbocycles. The zero-order valence-corrected chi connectivity index (χ0v) is 14.2. The Bertz CT molecular complexity index is 851. The van der Waals surface area contributed by atoms with Gasteiger partial charge in [0.1, 0.15) is 12.0 Å². The highest BCUT2D eigenvalue weighted by Gasteiger charge is 2.14. The van der Waals surface area contributed by atoms with Crippen LogP contribution in [0.2, 0.25) is 5.02 Å². The molecule has 0 radical (unpaired) electrons. The van der Waals surface area contributed by atoms with Crippen LogP contribution in [0.1, 0.15) is 5.56 Å². The molecule has 5 nitrogen and oxygen atoms in total. The fourth-order valence-electron chi connectivity index (χ4n) is 2.42. The van der Waals surface area contributed by atoms with E-state index in [9.17, 15) is 0 Å². The third-order valence-electron chi connectivity index (χ3n) is 3.77. The van der Waals surface area contributed by atoms with Crippen molar-refractivity contribution < 1.29 is 0 Å². The van der Waals surface area contributed by atoms with Crippen LogP contribution in [0.5, 0.6) is 0 Å². The average Bonchev–Trinajstić information content (AvgIpc) is 2.59. The van der Waals surface area contributed by atoms with Crippen LogP contribution in [0.3, 0.4) is 0 Å². The smallest absolute Gasteiger partial charge is 0.161 e. The number of halogens is 1. The molecule has 3 aromatic rings. The molecule has 1 aromatic heterocycles. The first-order valence-corrected chi connectivity index (χ1v) is 7.86. The third kappa shape index (κ3) is 3.26. The van der Waals surface area contributed by atoms with E-state index in [0.29, 0.717) is 22.3 Å². The van der Waals surface area contributed by atoms with Crippen molar-refractivity contribution >= 4 is 40.3 Å². The van der Waals surface area contributed by atoms with E-state index in [1.54, 1.807) is 0 Å². The van der Waals surface area contributed by atoms with Gasteiger partial charge in [-0.25, -0.2) is 9.97 Å². The summed E-state index contributed by atoms with van der Waals surface area (Å²) in [4.78, 5) is 10.5. The van der Waals surface area contributed by atoms with Crippen LogP contribution in [0.15, 0.2) is 54.9 Å². The summed E-state index contributed by atoms with van der Waals surface area (Å²) >= 11 is 6.00. The van der Waals surface area contributed by atoms with E-state index in [0.717, 1.165) is 16.9 Å². The zero-order chi connectivity index (χ0) is 17.1. The van der Waals surface area contributed by atoms with Gasteiger partial charge < -0.3 is 16.0 Å². The number of nitrogens with zero attached hydrogens (tertiary/aromatic N) is 3. The third-order valence-corrected chi connectivity index (χ3v) is 4.00. The summed E-state index contributed by atoms with van der Waals surface area (Å²) < 4.78 is 0. The van der Waals surface area contributed by atoms with Crippen molar-refractivity contribution in [2.45, 2.75) is 6.92 Å². The fraction of sp³-hybridized carbons (Fsp3) is 0.111. The van der Waals surface area contributed by atoms with Gasteiger partial charge in [-0.15, -0.1) is 0 Å². The first kappa shape index (κ1) is 16.1. The predicted octanol–water partition coefficient (Wildman–Crippen LogP) is 4.53. The summed E-state index contributed by atoms with van der Waals surface area (Å²) in [5, 5.41) is 3.95. The van der Waals surface area contributed by atoms with Crippen LogP contribution in [0.4, 0.5) is 28.7 Å². The van der Waals surface area contributed by atoms with Crippen molar-refractivity contribution in [3.05, 3.63) is 65.4 Å². The molecule has 3 rings (SSSR count). The summed E-state index contributed by atoms with van der Waals surface area (Å²) in [5.41, 5.74) is 9.69. The highest BCUT2D eigenvalue weighted by molar-refractivity contribution is 6.30. The molecule has 0 unspecified atom stereocenters. The Morgan fingerprint density at radius 1 is 1.08 bits per heavy atom. The van der Waals surface area contributed by atoms with Crippen molar-refractivity contribution in [2.75, 3.05) is 23.0 Å². The lowest BCUT2D eigenvalue weighted by Gasteiger charge is -2.21. The fourth-order valence-corrected chi connectivity index (χ4v) is 2.65. The maximum absolute atomic E-state index is 6.29. The average molecular weight is 340 g/mol. The van der Waals surface area contributed by atoms with E-state index in [1.807, 2.05) is 67.4 Å². The molecule has 0 saturated carbocycles. The number of aryl methyl sites for hydroxylation is 1. The quantitative estimate of drug-likeness (QED) is 0.730. The minimum atomic E-state index is 0.484. The molecule has 0 saturated heterocycles. The van der Waals surface area contributed by atoms with Gasteiger partial charge >= 0.3 is 0 Å². The van der Waals surface area contributed by atoms with Gasteiger partial charge in [-0.2, -0.15) is 0 Å². The van der Waals surface area contributed by atoms with E-state index < -0.39 is 0 Å². The van der Waals surface area contributed by atoms with E-state index in [-0.39, 0.29) is 0 Å². The second kappa shape index (κ2) is 6.76. The van der Waals surface area contributed by atoms with Crippen LogP contribution in [0, 0.1) is 6.92 Å². The van der Waals surface area contributed by atoms with Crippen molar-refractivity contribution in [3.8, 4) is 0 Å². The van der Waals surface area contributed by atoms with Gasteiger partial charge in [-0.1, -0.05) is 29.8 Å². The Morgan fingerprint density at radius 3 is 2.54 bits per heavy atom. The molecule has 3 N–H and O–H groups in total.